The molecule has 0 amide bonds. The van der Waals surface area contributed by atoms with Crippen LogP contribution < -0.4 is 10.4 Å². The number of methoxy groups -OCH3 is 1. The van der Waals surface area contributed by atoms with E-state index >= 15 is 0 Å². The molecule has 2 rings (SSSR count). The van der Waals surface area contributed by atoms with Crippen LogP contribution in [0.3, 0.4) is 0 Å². The second-order valence-electron chi connectivity index (χ2n) is 4.05. The number of hydrogen-bond donors (Lipinski definition) is 0. The van der Waals surface area contributed by atoms with Crippen molar-refractivity contribution in [1.82, 2.24) is 0 Å². The van der Waals surface area contributed by atoms with Gasteiger partial charge in [-0.1, -0.05) is 13.8 Å². The summed E-state index contributed by atoms with van der Waals surface area (Å²) in [6, 6.07) is 7.26. The third-order valence-electron chi connectivity index (χ3n) is 2.59. The van der Waals surface area contributed by atoms with Gasteiger partial charge in [-0.25, -0.2) is 4.79 Å². The predicted octanol–water partition coefficient (Wildman–Crippen LogP) is 2.93. The summed E-state index contributed by atoms with van der Waals surface area (Å²) in [5.74, 6) is 0.919. The zero-order chi connectivity index (χ0) is 11.7. The maximum Gasteiger partial charge on any atom is 0.339 e. The summed E-state index contributed by atoms with van der Waals surface area (Å²) in [5.41, 5.74) is 1.03. The van der Waals surface area contributed by atoms with E-state index in [1.165, 1.54) is 0 Å². The average molecular weight is 218 g/mol. The van der Waals surface area contributed by atoms with Crippen LogP contribution in [0.25, 0.3) is 11.0 Å². The summed E-state index contributed by atoms with van der Waals surface area (Å²) in [5, 5.41) is 0.891. The normalized spacial score (nSPS) is 11.0. The fourth-order valence-corrected chi connectivity index (χ4v) is 1.65. The molecule has 0 radical (unpaired) electrons. The average Bonchev–Trinajstić information content (AvgIpc) is 2.27. The fourth-order valence-electron chi connectivity index (χ4n) is 1.65. The molecule has 3 nitrogen and oxygen atoms in total. The van der Waals surface area contributed by atoms with Gasteiger partial charge in [0.15, 0.2) is 0 Å². The fraction of sp³-hybridized carbons (Fsp3) is 0.308. The lowest BCUT2D eigenvalue weighted by atomic mass is 10.0. The second kappa shape index (κ2) is 4.00. The zero-order valence-corrected chi connectivity index (χ0v) is 9.61. The van der Waals surface area contributed by atoms with Crippen LogP contribution in [0, 0.1) is 0 Å². The van der Waals surface area contributed by atoms with Crippen molar-refractivity contribution >= 4 is 11.0 Å². The third kappa shape index (κ3) is 1.81. The molecule has 1 heterocycles. The van der Waals surface area contributed by atoms with Gasteiger partial charge in [0.25, 0.3) is 0 Å². The molecule has 0 aliphatic carbocycles. The standard InChI is InChI=1S/C13H14O3/c1-8(2)11-7-9-6-10(15-3)4-5-12(9)16-13(11)14/h4-8H,1-3H3. The number of fused-ring (bicyclic) bond motifs is 1. The van der Waals surface area contributed by atoms with E-state index in [-0.39, 0.29) is 11.5 Å². The molecule has 1 aromatic heterocycles. The van der Waals surface area contributed by atoms with Crippen LogP contribution in [0.5, 0.6) is 5.75 Å². The number of rotatable bonds is 2. The molecule has 3 heteroatoms. The molecular weight excluding hydrogens is 204 g/mol. The van der Waals surface area contributed by atoms with Gasteiger partial charge in [-0.15, -0.1) is 0 Å². The Morgan fingerprint density at radius 3 is 2.62 bits per heavy atom. The van der Waals surface area contributed by atoms with Crippen molar-refractivity contribution in [2.45, 2.75) is 19.8 Å². The van der Waals surface area contributed by atoms with E-state index in [0.29, 0.717) is 11.1 Å². The van der Waals surface area contributed by atoms with Crippen LogP contribution >= 0.6 is 0 Å². The number of benzene rings is 1. The Kier molecular flexibility index (Phi) is 2.69. The zero-order valence-electron chi connectivity index (χ0n) is 9.61. The maximum atomic E-state index is 11.6. The van der Waals surface area contributed by atoms with Crippen LogP contribution in [-0.2, 0) is 0 Å². The summed E-state index contributed by atoms with van der Waals surface area (Å²) in [7, 11) is 1.61. The Bertz CT molecular complexity index is 567. The van der Waals surface area contributed by atoms with E-state index in [4.69, 9.17) is 9.15 Å². The Hall–Kier alpha value is -1.77. The molecule has 0 N–H and O–H groups in total. The summed E-state index contributed by atoms with van der Waals surface area (Å²) < 4.78 is 10.4. The third-order valence-corrected chi connectivity index (χ3v) is 2.59. The molecule has 0 fully saturated rings. The molecule has 0 saturated heterocycles. The molecule has 2 aromatic rings. The van der Waals surface area contributed by atoms with Crippen LogP contribution in [0.15, 0.2) is 33.5 Å². The monoisotopic (exact) mass is 218 g/mol. The van der Waals surface area contributed by atoms with Crippen molar-refractivity contribution in [2.24, 2.45) is 0 Å². The van der Waals surface area contributed by atoms with E-state index in [0.717, 1.165) is 11.1 Å². The van der Waals surface area contributed by atoms with Crippen LogP contribution in [0.2, 0.25) is 0 Å². The van der Waals surface area contributed by atoms with Gasteiger partial charge in [-0.05, 0) is 30.2 Å². The van der Waals surface area contributed by atoms with E-state index in [9.17, 15) is 4.79 Å². The lowest BCUT2D eigenvalue weighted by Gasteiger charge is -2.06. The first-order valence-electron chi connectivity index (χ1n) is 5.23. The van der Waals surface area contributed by atoms with Gasteiger partial charge >= 0.3 is 5.63 Å². The number of hydrogen-bond acceptors (Lipinski definition) is 3. The van der Waals surface area contributed by atoms with Crippen molar-refractivity contribution in [3.8, 4) is 5.75 Å². The molecule has 16 heavy (non-hydrogen) atoms. The van der Waals surface area contributed by atoms with Gasteiger partial charge in [0.2, 0.25) is 0 Å². The first-order valence-corrected chi connectivity index (χ1v) is 5.23. The summed E-state index contributed by atoms with van der Waals surface area (Å²) in [6.45, 7) is 3.94. The highest BCUT2D eigenvalue weighted by atomic mass is 16.5. The second-order valence-corrected chi connectivity index (χ2v) is 4.05. The van der Waals surface area contributed by atoms with Gasteiger partial charge in [0.1, 0.15) is 11.3 Å². The maximum absolute atomic E-state index is 11.6. The quantitative estimate of drug-likeness (QED) is 0.727. The minimum absolute atomic E-state index is 0.159. The van der Waals surface area contributed by atoms with Gasteiger partial charge < -0.3 is 9.15 Å². The highest BCUT2D eigenvalue weighted by molar-refractivity contribution is 5.78. The highest BCUT2D eigenvalue weighted by Gasteiger charge is 2.09. The SMILES string of the molecule is COc1ccc2oc(=O)c(C(C)C)cc2c1. The molecule has 0 aliphatic heterocycles. The van der Waals surface area contributed by atoms with E-state index < -0.39 is 0 Å². The molecule has 0 atom stereocenters. The summed E-state index contributed by atoms with van der Waals surface area (Å²) in [4.78, 5) is 11.6. The largest absolute Gasteiger partial charge is 0.497 e. The van der Waals surface area contributed by atoms with Crippen molar-refractivity contribution in [2.75, 3.05) is 7.11 Å². The molecule has 84 valence electrons. The lowest BCUT2D eigenvalue weighted by Crippen LogP contribution is -2.08. The molecule has 0 unspecified atom stereocenters. The van der Waals surface area contributed by atoms with Crippen molar-refractivity contribution in [3.05, 3.63) is 40.2 Å². The first kappa shape index (κ1) is 10.7. The van der Waals surface area contributed by atoms with Gasteiger partial charge in [-0.3, -0.25) is 0 Å². The van der Waals surface area contributed by atoms with Crippen molar-refractivity contribution in [1.29, 1.82) is 0 Å². The predicted molar refractivity (Wildman–Crippen MR) is 63.1 cm³/mol. The molecule has 0 aliphatic rings. The van der Waals surface area contributed by atoms with Gasteiger partial charge in [0.05, 0.1) is 7.11 Å². The minimum Gasteiger partial charge on any atom is -0.497 e. The van der Waals surface area contributed by atoms with E-state index in [2.05, 4.69) is 0 Å². The van der Waals surface area contributed by atoms with E-state index in [1.54, 1.807) is 19.2 Å². The van der Waals surface area contributed by atoms with Gasteiger partial charge in [0, 0.05) is 10.9 Å². The summed E-state index contributed by atoms with van der Waals surface area (Å²) in [6.07, 6.45) is 0. The lowest BCUT2D eigenvalue weighted by molar-refractivity contribution is 0.415. The first-order chi connectivity index (χ1) is 7.61. The Morgan fingerprint density at radius 1 is 1.25 bits per heavy atom. The van der Waals surface area contributed by atoms with E-state index in [1.807, 2.05) is 26.0 Å². The number of ether oxygens (including phenoxy) is 1. The molecule has 1 aromatic carbocycles. The minimum atomic E-state index is -0.257. The molecular formula is C13H14O3. The Labute approximate surface area is 93.7 Å². The van der Waals surface area contributed by atoms with Crippen molar-refractivity contribution < 1.29 is 9.15 Å². The molecule has 0 spiro atoms. The Balaban J connectivity index is 2.70. The van der Waals surface area contributed by atoms with Gasteiger partial charge in [-0.2, -0.15) is 0 Å². The van der Waals surface area contributed by atoms with Crippen molar-refractivity contribution in [3.63, 3.8) is 0 Å². The topological polar surface area (TPSA) is 39.4 Å². The van der Waals surface area contributed by atoms with Crippen LogP contribution in [-0.4, -0.2) is 7.11 Å². The highest BCUT2D eigenvalue weighted by Crippen LogP contribution is 2.22. The molecule has 0 saturated carbocycles. The smallest absolute Gasteiger partial charge is 0.339 e. The van der Waals surface area contributed by atoms with Crippen LogP contribution in [0.4, 0.5) is 0 Å². The Morgan fingerprint density at radius 2 is 2.00 bits per heavy atom. The van der Waals surface area contributed by atoms with Crippen LogP contribution in [0.1, 0.15) is 25.3 Å². The summed E-state index contributed by atoms with van der Waals surface area (Å²) >= 11 is 0. The molecule has 0 bridgehead atoms.